The summed E-state index contributed by atoms with van der Waals surface area (Å²) in [5.41, 5.74) is 6.62. The van der Waals surface area contributed by atoms with E-state index in [0.29, 0.717) is 11.3 Å². The molecule has 1 saturated carbocycles. The van der Waals surface area contributed by atoms with Crippen molar-refractivity contribution in [3.8, 4) is 23.1 Å². The van der Waals surface area contributed by atoms with Gasteiger partial charge in [-0.3, -0.25) is 14.0 Å². The van der Waals surface area contributed by atoms with Gasteiger partial charge >= 0.3 is 0 Å². The van der Waals surface area contributed by atoms with Crippen LogP contribution in [0.4, 0.5) is 0 Å². The number of rotatable bonds is 2. The van der Waals surface area contributed by atoms with E-state index in [1.807, 2.05) is 30.3 Å². The highest BCUT2D eigenvalue weighted by atomic mass is 16.3. The van der Waals surface area contributed by atoms with Crippen molar-refractivity contribution >= 4 is 17.3 Å². The largest absolute Gasteiger partial charge is 0.369 e. The molecule has 2 aromatic heterocycles. The normalized spacial score (nSPS) is 24.9. The smallest absolute Gasteiger partial charge is 0.285 e. The van der Waals surface area contributed by atoms with Crippen LogP contribution in [0.15, 0.2) is 48.7 Å². The first kappa shape index (κ1) is 17.5. The number of primary amides is 1. The molecular formula is C22H18N4O3. The quantitative estimate of drug-likeness (QED) is 0.643. The molecule has 7 heteroatoms. The predicted molar refractivity (Wildman–Crippen MR) is 106 cm³/mol. The van der Waals surface area contributed by atoms with Crippen LogP contribution in [-0.2, 0) is 4.79 Å². The Kier molecular flexibility index (Phi) is 3.57. The molecule has 2 amide bonds. The molecule has 3 N–H and O–H groups in total. The average Bonchev–Trinajstić information content (AvgIpc) is 3.40. The molecule has 3 atom stereocenters. The molecular weight excluding hydrogens is 368 g/mol. The number of carbonyl (C=O) groups is 2. The Morgan fingerprint density at radius 3 is 2.86 bits per heavy atom. The molecule has 0 bridgehead atoms. The fourth-order valence-corrected chi connectivity index (χ4v) is 4.12. The van der Waals surface area contributed by atoms with Gasteiger partial charge in [-0.25, -0.2) is 4.98 Å². The van der Waals surface area contributed by atoms with Gasteiger partial charge in [-0.1, -0.05) is 30.0 Å². The second-order valence-electron chi connectivity index (χ2n) is 7.53. The number of nitrogens with zero attached hydrogens (tertiary/aromatic N) is 3. The average molecular weight is 386 g/mol. The highest BCUT2D eigenvalue weighted by Crippen LogP contribution is 2.50. The van der Waals surface area contributed by atoms with E-state index in [1.54, 1.807) is 34.7 Å². The monoisotopic (exact) mass is 386 g/mol. The van der Waals surface area contributed by atoms with Gasteiger partial charge in [0, 0.05) is 36.3 Å². The maximum atomic E-state index is 12.3. The van der Waals surface area contributed by atoms with Crippen LogP contribution in [0.1, 0.15) is 22.6 Å². The SMILES string of the molecule is CN1C(=O)[C@](O)(C#Cc2cccc(-c3nc(C(N)=O)n4ccccc34)c2)[C@H]2C[C@@H]21. The van der Waals surface area contributed by atoms with Crippen molar-refractivity contribution in [3.05, 3.63) is 60.0 Å². The first-order chi connectivity index (χ1) is 13.9. The molecule has 29 heavy (non-hydrogen) atoms. The summed E-state index contributed by atoms with van der Waals surface area (Å²) in [6.45, 7) is 0. The number of imidazole rings is 1. The molecule has 5 rings (SSSR count). The van der Waals surface area contributed by atoms with Crippen molar-refractivity contribution in [2.24, 2.45) is 11.7 Å². The zero-order valence-electron chi connectivity index (χ0n) is 15.7. The lowest BCUT2D eigenvalue weighted by Gasteiger charge is -2.18. The van der Waals surface area contributed by atoms with Crippen molar-refractivity contribution < 1.29 is 14.7 Å². The third-order valence-electron chi connectivity index (χ3n) is 5.74. The second-order valence-corrected chi connectivity index (χ2v) is 7.53. The standard InChI is InChI=1S/C22H18N4O3/c1-25-17-12-15(17)22(29,21(25)28)9-8-13-5-4-6-14(11-13)18-16-7-2-3-10-26(16)20(24-18)19(23)27/h2-7,10-11,15,17,29H,12H2,1H3,(H2,23,27)/t15-,17-,22-/m0/s1. The van der Waals surface area contributed by atoms with Gasteiger partial charge in [-0.15, -0.1) is 0 Å². The molecule has 1 aliphatic carbocycles. The summed E-state index contributed by atoms with van der Waals surface area (Å²) in [7, 11) is 1.70. The van der Waals surface area contributed by atoms with Crippen molar-refractivity contribution in [2.75, 3.05) is 7.05 Å². The molecule has 1 saturated heterocycles. The molecule has 0 unspecified atom stereocenters. The van der Waals surface area contributed by atoms with E-state index >= 15 is 0 Å². The number of benzene rings is 1. The van der Waals surface area contributed by atoms with Crippen LogP contribution in [0.2, 0.25) is 0 Å². The van der Waals surface area contributed by atoms with Gasteiger partial charge in [0.1, 0.15) is 0 Å². The molecule has 3 aromatic rings. The minimum Gasteiger partial charge on any atom is -0.369 e. The number of pyridine rings is 1. The summed E-state index contributed by atoms with van der Waals surface area (Å²) in [4.78, 5) is 30.1. The Morgan fingerprint density at radius 2 is 2.14 bits per heavy atom. The van der Waals surface area contributed by atoms with E-state index in [-0.39, 0.29) is 23.7 Å². The lowest BCUT2D eigenvalue weighted by molar-refractivity contribution is -0.140. The lowest BCUT2D eigenvalue weighted by atomic mass is 9.98. The molecule has 2 fully saturated rings. The van der Waals surface area contributed by atoms with Crippen LogP contribution >= 0.6 is 0 Å². The van der Waals surface area contributed by atoms with Gasteiger partial charge < -0.3 is 15.7 Å². The van der Waals surface area contributed by atoms with Gasteiger partial charge in [0.25, 0.3) is 11.8 Å². The number of amides is 2. The molecule has 3 heterocycles. The van der Waals surface area contributed by atoms with Crippen LogP contribution in [-0.4, -0.2) is 49.9 Å². The zero-order valence-corrected chi connectivity index (χ0v) is 15.7. The zero-order chi connectivity index (χ0) is 20.3. The van der Waals surface area contributed by atoms with Crippen LogP contribution in [0.3, 0.4) is 0 Å². The number of nitrogens with two attached hydrogens (primary N) is 1. The fourth-order valence-electron chi connectivity index (χ4n) is 4.12. The molecule has 1 aliphatic heterocycles. The number of hydrogen-bond donors (Lipinski definition) is 2. The molecule has 0 radical (unpaired) electrons. The number of hydrogen-bond acceptors (Lipinski definition) is 4. The maximum Gasteiger partial charge on any atom is 0.285 e. The van der Waals surface area contributed by atoms with E-state index in [2.05, 4.69) is 16.8 Å². The highest BCUT2D eigenvalue weighted by Gasteiger charge is 2.66. The lowest BCUT2D eigenvalue weighted by Crippen LogP contribution is -2.41. The highest BCUT2D eigenvalue weighted by molar-refractivity contribution is 5.94. The first-order valence-electron chi connectivity index (χ1n) is 9.30. The number of likely N-dealkylation sites (N-methyl/N-ethyl adjacent to an activating group) is 1. The van der Waals surface area contributed by atoms with Crippen LogP contribution in [0, 0.1) is 17.8 Å². The molecule has 2 aliphatic rings. The molecule has 1 aromatic carbocycles. The van der Waals surface area contributed by atoms with Gasteiger partial charge in [0.05, 0.1) is 11.2 Å². The van der Waals surface area contributed by atoms with Gasteiger partial charge in [0.15, 0.2) is 0 Å². The van der Waals surface area contributed by atoms with E-state index in [9.17, 15) is 14.7 Å². The first-order valence-corrected chi connectivity index (χ1v) is 9.30. The minimum absolute atomic E-state index is 0.0947. The van der Waals surface area contributed by atoms with Crippen molar-refractivity contribution in [3.63, 3.8) is 0 Å². The third-order valence-corrected chi connectivity index (χ3v) is 5.74. The topological polar surface area (TPSA) is 101 Å². The summed E-state index contributed by atoms with van der Waals surface area (Å²) >= 11 is 0. The minimum atomic E-state index is -1.62. The number of aliphatic hydroxyl groups is 1. The number of carbonyl (C=O) groups excluding carboxylic acids is 2. The Morgan fingerprint density at radius 1 is 1.31 bits per heavy atom. The predicted octanol–water partition coefficient (Wildman–Crippen LogP) is 1.04. The van der Waals surface area contributed by atoms with Crippen molar-refractivity contribution in [1.82, 2.24) is 14.3 Å². The van der Waals surface area contributed by atoms with Crippen molar-refractivity contribution in [2.45, 2.75) is 18.1 Å². The van der Waals surface area contributed by atoms with Crippen LogP contribution in [0.25, 0.3) is 16.8 Å². The van der Waals surface area contributed by atoms with E-state index in [4.69, 9.17) is 5.73 Å². The van der Waals surface area contributed by atoms with Crippen molar-refractivity contribution in [1.29, 1.82) is 0 Å². The Bertz CT molecular complexity index is 1250. The van der Waals surface area contributed by atoms with Crippen LogP contribution < -0.4 is 5.73 Å². The number of fused-ring (bicyclic) bond motifs is 2. The summed E-state index contributed by atoms with van der Waals surface area (Å²) in [5.74, 6) is 4.83. The second kappa shape index (κ2) is 5.93. The van der Waals surface area contributed by atoms with E-state index in [1.165, 1.54) is 0 Å². The molecule has 7 nitrogen and oxygen atoms in total. The van der Waals surface area contributed by atoms with Crippen LogP contribution in [0.5, 0.6) is 0 Å². The van der Waals surface area contributed by atoms with E-state index < -0.39 is 11.5 Å². The molecule has 0 spiro atoms. The van der Waals surface area contributed by atoms with Gasteiger partial charge in [0.2, 0.25) is 11.4 Å². The third kappa shape index (κ3) is 2.53. The summed E-state index contributed by atoms with van der Waals surface area (Å²) < 4.78 is 1.65. The summed E-state index contributed by atoms with van der Waals surface area (Å²) in [5, 5.41) is 10.8. The number of piperidine rings is 1. The maximum absolute atomic E-state index is 12.3. The Labute approximate surface area is 166 Å². The fraction of sp³-hybridized carbons (Fsp3) is 0.227. The van der Waals surface area contributed by atoms with Gasteiger partial charge in [-0.05, 0) is 30.7 Å². The van der Waals surface area contributed by atoms with E-state index in [0.717, 1.165) is 17.5 Å². The van der Waals surface area contributed by atoms with Gasteiger partial charge in [-0.2, -0.15) is 0 Å². The number of aromatic nitrogens is 2. The summed E-state index contributed by atoms with van der Waals surface area (Å²) in [6.07, 6.45) is 2.52. The Hall–Kier alpha value is -3.63. The molecule has 144 valence electrons. The Balaban J connectivity index is 1.55. The summed E-state index contributed by atoms with van der Waals surface area (Å²) in [6, 6.07) is 12.9. The number of likely N-dealkylation sites (tertiary alicyclic amines) is 1.